The first-order chi connectivity index (χ1) is 8.10. The maximum Gasteiger partial charge on any atom is 0.328 e. The maximum absolute atomic E-state index is 13.0. The van der Waals surface area contributed by atoms with Gasteiger partial charge in [0.1, 0.15) is 5.44 Å². The standard InChI is InChI=1S/C10H13FN2O3S/c1-2-8-16-6(5-17-8)3-13-4-7(11)9(14)12-10(13)15/h4,6,8H,2-3,5H2,1H3,(H,12,14,15). The van der Waals surface area contributed by atoms with E-state index in [1.807, 2.05) is 11.9 Å². The van der Waals surface area contributed by atoms with Gasteiger partial charge in [0.15, 0.2) is 0 Å². The predicted octanol–water partition coefficient (Wildman–Crippen LogP) is 0.544. The van der Waals surface area contributed by atoms with Gasteiger partial charge in [-0.3, -0.25) is 14.3 Å². The number of rotatable bonds is 3. The Kier molecular flexibility index (Phi) is 3.68. The van der Waals surface area contributed by atoms with Crippen molar-refractivity contribution in [3.8, 4) is 0 Å². The van der Waals surface area contributed by atoms with Crippen molar-refractivity contribution >= 4 is 11.8 Å². The average molecular weight is 260 g/mol. The number of hydrogen-bond donors (Lipinski definition) is 1. The van der Waals surface area contributed by atoms with Gasteiger partial charge in [0, 0.05) is 5.75 Å². The molecule has 1 fully saturated rings. The summed E-state index contributed by atoms with van der Waals surface area (Å²) in [5, 5.41) is 0. The third kappa shape index (κ3) is 2.78. The highest BCUT2D eigenvalue weighted by atomic mass is 32.2. The molecule has 0 amide bonds. The molecule has 0 radical (unpaired) electrons. The lowest BCUT2D eigenvalue weighted by molar-refractivity contribution is 0.0529. The number of aromatic amines is 1. The summed E-state index contributed by atoms with van der Waals surface area (Å²) in [6.45, 7) is 2.28. The fourth-order valence-electron chi connectivity index (χ4n) is 1.66. The summed E-state index contributed by atoms with van der Waals surface area (Å²) >= 11 is 1.68. The SMILES string of the molecule is CCC1OC(Cn2cc(F)c(=O)[nH]c2=O)CS1. The van der Waals surface area contributed by atoms with Gasteiger partial charge in [0.2, 0.25) is 5.82 Å². The van der Waals surface area contributed by atoms with E-state index in [2.05, 4.69) is 0 Å². The topological polar surface area (TPSA) is 64.1 Å². The van der Waals surface area contributed by atoms with Crippen LogP contribution in [0.1, 0.15) is 13.3 Å². The molecule has 0 saturated carbocycles. The number of ether oxygens (including phenoxy) is 1. The molecule has 2 atom stereocenters. The van der Waals surface area contributed by atoms with E-state index in [0.717, 1.165) is 22.9 Å². The zero-order valence-corrected chi connectivity index (χ0v) is 10.1. The van der Waals surface area contributed by atoms with Crippen LogP contribution in [0.2, 0.25) is 0 Å². The highest BCUT2D eigenvalue weighted by Gasteiger charge is 2.25. The molecule has 7 heteroatoms. The number of nitrogens with one attached hydrogen (secondary N) is 1. The van der Waals surface area contributed by atoms with E-state index in [-0.39, 0.29) is 18.1 Å². The molecule has 2 rings (SSSR count). The van der Waals surface area contributed by atoms with Crippen LogP contribution < -0.4 is 11.2 Å². The number of hydrogen-bond acceptors (Lipinski definition) is 4. The van der Waals surface area contributed by atoms with Crippen LogP contribution in [0.4, 0.5) is 4.39 Å². The van der Waals surface area contributed by atoms with Gasteiger partial charge in [-0.05, 0) is 6.42 Å². The maximum atomic E-state index is 13.0. The zero-order chi connectivity index (χ0) is 12.4. The van der Waals surface area contributed by atoms with Gasteiger partial charge in [-0.15, -0.1) is 11.8 Å². The van der Waals surface area contributed by atoms with Crippen LogP contribution in [0.25, 0.3) is 0 Å². The fourth-order valence-corrected chi connectivity index (χ4v) is 2.74. The largest absolute Gasteiger partial charge is 0.362 e. The third-order valence-corrected chi connectivity index (χ3v) is 3.89. The van der Waals surface area contributed by atoms with Gasteiger partial charge in [-0.1, -0.05) is 6.92 Å². The van der Waals surface area contributed by atoms with Crippen LogP contribution in [-0.2, 0) is 11.3 Å². The molecule has 1 saturated heterocycles. The Morgan fingerprint density at radius 1 is 1.65 bits per heavy atom. The van der Waals surface area contributed by atoms with Crippen LogP contribution >= 0.6 is 11.8 Å². The Morgan fingerprint density at radius 2 is 2.41 bits per heavy atom. The number of nitrogens with zero attached hydrogens (tertiary/aromatic N) is 1. The van der Waals surface area contributed by atoms with Gasteiger partial charge < -0.3 is 4.74 Å². The van der Waals surface area contributed by atoms with Gasteiger partial charge in [-0.25, -0.2) is 4.79 Å². The Balaban J connectivity index is 2.12. The molecule has 1 aromatic heterocycles. The third-order valence-electron chi connectivity index (χ3n) is 2.51. The smallest absolute Gasteiger partial charge is 0.328 e. The average Bonchev–Trinajstić information content (AvgIpc) is 2.73. The van der Waals surface area contributed by atoms with Gasteiger partial charge in [0.05, 0.1) is 18.8 Å². The van der Waals surface area contributed by atoms with E-state index in [9.17, 15) is 14.0 Å². The van der Waals surface area contributed by atoms with Crippen LogP contribution in [0.5, 0.6) is 0 Å². The minimum atomic E-state index is -0.987. The van der Waals surface area contributed by atoms with E-state index < -0.39 is 17.1 Å². The first-order valence-electron chi connectivity index (χ1n) is 5.36. The van der Waals surface area contributed by atoms with Gasteiger partial charge in [0.25, 0.3) is 5.56 Å². The summed E-state index contributed by atoms with van der Waals surface area (Å²) in [6.07, 6.45) is 1.71. The van der Waals surface area contributed by atoms with Crippen molar-refractivity contribution < 1.29 is 9.13 Å². The highest BCUT2D eigenvalue weighted by Crippen LogP contribution is 2.27. The van der Waals surface area contributed by atoms with Gasteiger partial charge in [-0.2, -0.15) is 4.39 Å². The second-order valence-electron chi connectivity index (χ2n) is 3.82. The van der Waals surface area contributed by atoms with Crippen molar-refractivity contribution in [3.05, 3.63) is 32.9 Å². The molecule has 5 nitrogen and oxygen atoms in total. The molecule has 1 aromatic rings. The van der Waals surface area contributed by atoms with Crippen LogP contribution in [0.15, 0.2) is 15.8 Å². The van der Waals surface area contributed by atoms with Crippen molar-refractivity contribution in [2.45, 2.75) is 31.4 Å². The Morgan fingerprint density at radius 3 is 3.06 bits per heavy atom. The summed E-state index contributed by atoms with van der Waals surface area (Å²) in [5.74, 6) is -0.187. The van der Waals surface area contributed by atoms with E-state index in [1.165, 1.54) is 0 Å². The molecule has 0 spiro atoms. The molecular formula is C10H13FN2O3S. The number of halogens is 1. The molecule has 1 aliphatic heterocycles. The second kappa shape index (κ2) is 5.05. The number of thioether (sulfide) groups is 1. The molecule has 0 aliphatic carbocycles. The molecule has 1 aliphatic rings. The minimum Gasteiger partial charge on any atom is -0.362 e. The molecule has 1 N–H and O–H groups in total. The number of aromatic nitrogens is 2. The van der Waals surface area contributed by atoms with E-state index >= 15 is 0 Å². The Hall–Kier alpha value is -1.08. The molecule has 2 unspecified atom stereocenters. The molecule has 94 valence electrons. The molecular weight excluding hydrogens is 247 g/mol. The van der Waals surface area contributed by atoms with Crippen molar-refractivity contribution in [1.82, 2.24) is 9.55 Å². The van der Waals surface area contributed by atoms with Crippen LogP contribution in [0, 0.1) is 5.82 Å². The summed E-state index contributed by atoms with van der Waals surface area (Å²) < 4.78 is 19.8. The summed E-state index contributed by atoms with van der Waals surface area (Å²) in [7, 11) is 0. The first-order valence-corrected chi connectivity index (χ1v) is 6.41. The number of H-pyrrole nitrogens is 1. The first kappa shape index (κ1) is 12.4. The molecule has 2 heterocycles. The quantitative estimate of drug-likeness (QED) is 0.861. The molecule has 0 aromatic carbocycles. The van der Waals surface area contributed by atoms with E-state index in [1.54, 1.807) is 11.8 Å². The van der Waals surface area contributed by atoms with Crippen LogP contribution in [0.3, 0.4) is 0 Å². The molecule has 17 heavy (non-hydrogen) atoms. The minimum absolute atomic E-state index is 0.118. The van der Waals surface area contributed by atoms with Crippen molar-refractivity contribution in [3.63, 3.8) is 0 Å². The van der Waals surface area contributed by atoms with Crippen LogP contribution in [-0.4, -0.2) is 26.8 Å². The predicted molar refractivity (Wildman–Crippen MR) is 62.7 cm³/mol. The summed E-state index contributed by atoms with van der Waals surface area (Å²) in [6, 6.07) is 0. The van der Waals surface area contributed by atoms with E-state index in [0.29, 0.717) is 0 Å². The fraction of sp³-hybridized carbons (Fsp3) is 0.600. The van der Waals surface area contributed by atoms with Crippen molar-refractivity contribution in [1.29, 1.82) is 0 Å². The summed E-state index contributed by atoms with van der Waals surface area (Å²) in [4.78, 5) is 24.2. The lowest BCUT2D eigenvalue weighted by atomic mass is 10.4. The summed E-state index contributed by atoms with van der Waals surface area (Å²) in [5.41, 5.74) is -1.45. The van der Waals surface area contributed by atoms with Gasteiger partial charge >= 0.3 is 5.69 Å². The van der Waals surface area contributed by atoms with Crippen molar-refractivity contribution in [2.24, 2.45) is 0 Å². The molecule has 0 bridgehead atoms. The van der Waals surface area contributed by atoms with E-state index in [4.69, 9.17) is 4.74 Å². The Labute approximate surface area is 101 Å². The highest BCUT2D eigenvalue weighted by molar-refractivity contribution is 8.00. The monoisotopic (exact) mass is 260 g/mol. The Bertz CT molecular complexity index is 513. The normalized spacial score (nSPS) is 24.1. The lowest BCUT2D eigenvalue weighted by Gasteiger charge is -2.12. The van der Waals surface area contributed by atoms with Crippen molar-refractivity contribution in [2.75, 3.05) is 5.75 Å². The second-order valence-corrected chi connectivity index (χ2v) is 5.01. The lowest BCUT2D eigenvalue weighted by Crippen LogP contribution is -2.34. The zero-order valence-electron chi connectivity index (χ0n) is 9.31.